The molecule has 16 heavy (non-hydrogen) atoms. The van der Waals surface area contributed by atoms with Gasteiger partial charge in [0.25, 0.3) is 0 Å². The van der Waals surface area contributed by atoms with E-state index in [0.29, 0.717) is 6.04 Å². The second-order valence-electron chi connectivity index (χ2n) is 3.92. The molecule has 1 aromatic carbocycles. The predicted octanol–water partition coefficient (Wildman–Crippen LogP) is 4.09. The van der Waals surface area contributed by atoms with Gasteiger partial charge in [-0.25, -0.2) is 0 Å². The van der Waals surface area contributed by atoms with Gasteiger partial charge in [-0.3, -0.25) is 0 Å². The van der Waals surface area contributed by atoms with E-state index in [1.54, 1.807) is 11.3 Å². The van der Waals surface area contributed by atoms with Crippen LogP contribution in [0.2, 0.25) is 0 Å². The minimum absolute atomic E-state index is 0.420. The highest BCUT2D eigenvalue weighted by atomic mass is 32.1. The fourth-order valence-electron chi connectivity index (χ4n) is 1.84. The standard InChI is InChI=1S/C14H17NS/c1-3-15-11(2)12-5-4-6-13(9-12)14-7-8-16-10-14/h4-11,15H,3H2,1-2H3. The van der Waals surface area contributed by atoms with Gasteiger partial charge in [0.05, 0.1) is 0 Å². The zero-order chi connectivity index (χ0) is 11.4. The van der Waals surface area contributed by atoms with Gasteiger partial charge < -0.3 is 5.32 Å². The maximum Gasteiger partial charge on any atom is 0.0291 e. The molecule has 1 heterocycles. The molecule has 0 amide bonds. The van der Waals surface area contributed by atoms with Crippen LogP contribution >= 0.6 is 11.3 Å². The molecule has 0 aliphatic heterocycles. The molecule has 0 saturated heterocycles. The molecule has 1 atom stereocenters. The van der Waals surface area contributed by atoms with Crippen molar-refractivity contribution in [1.82, 2.24) is 5.32 Å². The summed E-state index contributed by atoms with van der Waals surface area (Å²) in [7, 11) is 0. The van der Waals surface area contributed by atoms with Crippen molar-refractivity contribution in [2.45, 2.75) is 19.9 Å². The van der Waals surface area contributed by atoms with Crippen LogP contribution in [0, 0.1) is 0 Å². The van der Waals surface area contributed by atoms with Gasteiger partial charge in [-0.2, -0.15) is 11.3 Å². The van der Waals surface area contributed by atoms with Crippen molar-refractivity contribution >= 4 is 11.3 Å². The number of benzene rings is 1. The molecule has 2 aromatic rings. The molecule has 0 bridgehead atoms. The number of rotatable bonds is 4. The van der Waals surface area contributed by atoms with Crippen molar-refractivity contribution in [3.8, 4) is 11.1 Å². The molecule has 0 aliphatic rings. The Morgan fingerprint density at radius 1 is 1.25 bits per heavy atom. The summed E-state index contributed by atoms with van der Waals surface area (Å²) in [6.45, 7) is 5.35. The summed E-state index contributed by atoms with van der Waals surface area (Å²) in [5, 5.41) is 7.75. The van der Waals surface area contributed by atoms with Crippen molar-refractivity contribution in [3.05, 3.63) is 46.7 Å². The third-order valence-corrected chi connectivity index (χ3v) is 3.43. The quantitative estimate of drug-likeness (QED) is 0.836. The van der Waals surface area contributed by atoms with Crippen molar-refractivity contribution in [2.75, 3.05) is 6.54 Å². The number of thiophene rings is 1. The Morgan fingerprint density at radius 3 is 2.81 bits per heavy atom. The number of hydrogen-bond acceptors (Lipinski definition) is 2. The van der Waals surface area contributed by atoms with Gasteiger partial charge in [0.2, 0.25) is 0 Å². The first kappa shape index (κ1) is 11.4. The molecular weight excluding hydrogens is 214 g/mol. The zero-order valence-corrected chi connectivity index (χ0v) is 10.6. The average Bonchev–Trinajstić information content (AvgIpc) is 2.83. The van der Waals surface area contributed by atoms with Crippen molar-refractivity contribution in [1.29, 1.82) is 0 Å². The lowest BCUT2D eigenvalue weighted by Gasteiger charge is -2.13. The molecule has 1 aromatic heterocycles. The highest BCUT2D eigenvalue weighted by Gasteiger charge is 2.05. The summed E-state index contributed by atoms with van der Waals surface area (Å²) in [6, 6.07) is 11.4. The van der Waals surface area contributed by atoms with Crippen LogP contribution in [0.3, 0.4) is 0 Å². The minimum Gasteiger partial charge on any atom is -0.310 e. The first-order chi connectivity index (χ1) is 7.81. The first-order valence-electron chi connectivity index (χ1n) is 5.67. The highest BCUT2D eigenvalue weighted by Crippen LogP contribution is 2.24. The van der Waals surface area contributed by atoms with E-state index in [1.807, 2.05) is 0 Å². The molecule has 0 saturated carbocycles. The van der Waals surface area contributed by atoms with Gasteiger partial charge in [-0.05, 0) is 53.1 Å². The summed E-state index contributed by atoms with van der Waals surface area (Å²) in [6.07, 6.45) is 0. The van der Waals surface area contributed by atoms with Crippen molar-refractivity contribution in [2.24, 2.45) is 0 Å². The highest BCUT2D eigenvalue weighted by molar-refractivity contribution is 7.08. The van der Waals surface area contributed by atoms with Crippen molar-refractivity contribution < 1.29 is 0 Å². The molecule has 2 rings (SSSR count). The molecule has 1 N–H and O–H groups in total. The van der Waals surface area contributed by atoms with Crippen LogP contribution in [0.1, 0.15) is 25.5 Å². The smallest absolute Gasteiger partial charge is 0.0291 e. The zero-order valence-electron chi connectivity index (χ0n) is 9.73. The van der Waals surface area contributed by atoms with Gasteiger partial charge in [-0.1, -0.05) is 25.1 Å². The number of hydrogen-bond donors (Lipinski definition) is 1. The average molecular weight is 231 g/mol. The van der Waals surface area contributed by atoms with Gasteiger partial charge in [-0.15, -0.1) is 0 Å². The monoisotopic (exact) mass is 231 g/mol. The lowest BCUT2D eigenvalue weighted by atomic mass is 10.0. The summed E-state index contributed by atoms with van der Waals surface area (Å²) in [5.41, 5.74) is 3.98. The van der Waals surface area contributed by atoms with E-state index in [-0.39, 0.29) is 0 Å². The van der Waals surface area contributed by atoms with Crippen LogP contribution in [-0.4, -0.2) is 6.54 Å². The topological polar surface area (TPSA) is 12.0 Å². The van der Waals surface area contributed by atoms with Crippen LogP contribution in [0.25, 0.3) is 11.1 Å². The van der Waals surface area contributed by atoms with E-state index in [9.17, 15) is 0 Å². The lowest BCUT2D eigenvalue weighted by Crippen LogP contribution is -2.17. The summed E-state index contributed by atoms with van der Waals surface area (Å²) in [5.74, 6) is 0. The molecule has 0 fully saturated rings. The molecular formula is C14H17NS. The third kappa shape index (κ3) is 2.52. The molecule has 0 radical (unpaired) electrons. The minimum atomic E-state index is 0.420. The van der Waals surface area contributed by atoms with E-state index in [0.717, 1.165) is 6.54 Å². The molecule has 1 nitrogen and oxygen atoms in total. The van der Waals surface area contributed by atoms with E-state index in [4.69, 9.17) is 0 Å². The molecule has 2 heteroatoms. The predicted molar refractivity (Wildman–Crippen MR) is 71.8 cm³/mol. The molecule has 0 aliphatic carbocycles. The van der Waals surface area contributed by atoms with Crippen LogP contribution in [0.15, 0.2) is 41.1 Å². The Morgan fingerprint density at radius 2 is 2.12 bits per heavy atom. The Kier molecular flexibility index (Phi) is 3.75. The van der Waals surface area contributed by atoms with Crippen LogP contribution in [0.5, 0.6) is 0 Å². The third-order valence-electron chi connectivity index (χ3n) is 2.75. The Hall–Kier alpha value is -1.12. The SMILES string of the molecule is CCNC(C)c1cccc(-c2ccsc2)c1. The van der Waals surface area contributed by atoms with Gasteiger partial charge >= 0.3 is 0 Å². The van der Waals surface area contributed by atoms with Crippen LogP contribution in [0.4, 0.5) is 0 Å². The van der Waals surface area contributed by atoms with E-state index < -0.39 is 0 Å². The van der Waals surface area contributed by atoms with Crippen molar-refractivity contribution in [3.63, 3.8) is 0 Å². The molecule has 0 spiro atoms. The van der Waals surface area contributed by atoms with E-state index in [2.05, 4.69) is 60.3 Å². The van der Waals surface area contributed by atoms with Crippen LogP contribution in [-0.2, 0) is 0 Å². The summed E-state index contributed by atoms with van der Waals surface area (Å²) in [4.78, 5) is 0. The van der Waals surface area contributed by atoms with Gasteiger partial charge in [0, 0.05) is 6.04 Å². The maximum absolute atomic E-state index is 3.44. The second-order valence-corrected chi connectivity index (χ2v) is 4.70. The normalized spacial score (nSPS) is 12.6. The van der Waals surface area contributed by atoms with E-state index >= 15 is 0 Å². The molecule has 1 unspecified atom stereocenters. The largest absolute Gasteiger partial charge is 0.310 e. The lowest BCUT2D eigenvalue weighted by molar-refractivity contribution is 0.598. The Balaban J connectivity index is 2.26. The van der Waals surface area contributed by atoms with E-state index in [1.165, 1.54) is 16.7 Å². The van der Waals surface area contributed by atoms with Crippen LogP contribution < -0.4 is 5.32 Å². The Labute approximate surface area is 101 Å². The fraction of sp³-hybridized carbons (Fsp3) is 0.286. The number of nitrogens with one attached hydrogen (secondary N) is 1. The second kappa shape index (κ2) is 5.28. The fourth-order valence-corrected chi connectivity index (χ4v) is 2.51. The van der Waals surface area contributed by atoms with Gasteiger partial charge in [0.15, 0.2) is 0 Å². The Bertz CT molecular complexity index is 434. The first-order valence-corrected chi connectivity index (χ1v) is 6.61. The summed E-state index contributed by atoms with van der Waals surface area (Å²) < 4.78 is 0. The summed E-state index contributed by atoms with van der Waals surface area (Å²) >= 11 is 1.74. The van der Waals surface area contributed by atoms with Gasteiger partial charge in [0.1, 0.15) is 0 Å². The maximum atomic E-state index is 3.44. The molecule has 84 valence electrons.